The number of benzene rings is 1. The van der Waals surface area contributed by atoms with E-state index < -0.39 is 12.0 Å². The summed E-state index contributed by atoms with van der Waals surface area (Å²) in [7, 11) is 1.48. The molecule has 0 bridgehead atoms. The van der Waals surface area contributed by atoms with Gasteiger partial charge in [-0.2, -0.15) is 0 Å². The molecule has 3 N–H and O–H groups in total. The maximum absolute atomic E-state index is 10.6. The molecular weight excluding hydrogens is 250 g/mol. The van der Waals surface area contributed by atoms with Crippen molar-refractivity contribution in [1.82, 2.24) is 0 Å². The standard InChI is InChI=1S/C9H10BrNO3/c1-14-7-3-2-5(10)4-6(7)8(11)9(12)13/h2-4,8H,11H2,1H3,(H,12,13)/t8-/m1/s1. The third-order valence-corrected chi connectivity index (χ3v) is 2.34. The molecule has 0 aliphatic heterocycles. The monoisotopic (exact) mass is 259 g/mol. The second kappa shape index (κ2) is 4.43. The average Bonchev–Trinajstić information content (AvgIpc) is 2.16. The van der Waals surface area contributed by atoms with Crippen LogP contribution in [0, 0.1) is 0 Å². The summed E-state index contributed by atoms with van der Waals surface area (Å²) in [4.78, 5) is 10.6. The van der Waals surface area contributed by atoms with Gasteiger partial charge >= 0.3 is 0 Å². The minimum absolute atomic E-state index is 0.498. The van der Waals surface area contributed by atoms with E-state index >= 15 is 0 Å². The van der Waals surface area contributed by atoms with E-state index in [1.165, 1.54) is 7.11 Å². The van der Waals surface area contributed by atoms with Gasteiger partial charge in [-0.1, -0.05) is 15.9 Å². The molecule has 0 amide bonds. The van der Waals surface area contributed by atoms with Gasteiger partial charge in [-0.05, 0) is 18.2 Å². The Hall–Kier alpha value is -1.07. The Balaban J connectivity index is 3.16. The van der Waals surface area contributed by atoms with Gasteiger partial charge < -0.3 is 20.4 Å². The summed E-state index contributed by atoms with van der Waals surface area (Å²) in [5.74, 6) is -0.723. The van der Waals surface area contributed by atoms with Crippen LogP contribution in [-0.2, 0) is 4.79 Å². The highest BCUT2D eigenvalue weighted by Gasteiger charge is 2.16. The van der Waals surface area contributed by atoms with E-state index in [4.69, 9.17) is 4.74 Å². The third-order valence-electron chi connectivity index (χ3n) is 1.85. The molecule has 5 heteroatoms. The Labute approximate surface area is 89.8 Å². The van der Waals surface area contributed by atoms with E-state index in [0.717, 1.165) is 4.47 Å². The van der Waals surface area contributed by atoms with Crippen molar-refractivity contribution in [2.24, 2.45) is 0 Å². The number of halogens is 1. The third kappa shape index (κ3) is 2.24. The number of hydrogen-bond acceptors (Lipinski definition) is 3. The number of hydrogen-bond donors (Lipinski definition) is 1. The summed E-state index contributed by atoms with van der Waals surface area (Å²) >= 11 is 3.25. The quantitative estimate of drug-likeness (QED) is 0.795. The molecule has 0 fully saturated rings. The van der Waals surface area contributed by atoms with Crippen molar-refractivity contribution in [3.8, 4) is 5.75 Å². The highest BCUT2D eigenvalue weighted by Crippen LogP contribution is 2.26. The minimum Gasteiger partial charge on any atom is -0.544 e. The Morgan fingerprint density at radius 2 is 2.29 bits per heavy atom. The van der Waals surface area contributed by atoms with Crippen LogP contribution in [0.15, 0.2) is 22.7 Å². The van der Waals surface area contributed by atoms with Gasteiger partial charge in [-0.25, -0.2) is 0 Å². The van der Waals surface area contributed by atoms with Crippen molar-refractivity contribution >= 4 is 21.9 Å². The van der Waals surface area contributed by atoms with Crippen LogP contribution in [0.2, 0.25) is 0 Å². The molecule has 76 valence electrons. The van der Waals surface area contributed by atoms with Gasteiger partial charge in [0.1, 0.15) is 11.7 Å². The molecule has 1 rings (SSSR count). The number of carboxylic acid groups (broad SMARTS) is 1. The van der Waals surface area contributed by atoms with Crippen molar-refractivity contribution < 1.29 is 20.4 Å². The number of ether oxygens (including phenoxy) is 1. The highest BCUT2D eigenvalue weighted by atomic mass is 79.9. The van der Waals surface area contributed by atoms with Gasteiger partial charge in [0.25, 0.3) is 0 Å². The van der Waals surface area contributed by atoms with Crippen LogP contribution in [0.4, 0.5) is 0 Å². The Bertz CT molecular complexity index is 354. The average molecular weight is 260 g/mol. The first-order valence-corrected chi connectivity index (χ1v) is 4.73. The molecule has 0 heterocycles. The van der Waals surface area contributed by atoms with Crippen molar-refractivity contribution in [1.29, 1.82) is 0 Å². The molecule has 0 saturated carbocycles. The van der Waals surface area contributed by atoms with Crippen LogP contribution >= 0.6 is 15.9 Å². The maximum atomic E-state index is 10.6. The van der Waals surface area contributed by atoms with Gasteiger partial charge in [-0.3, -0.25) is 0 Å². The lowest BCUT2D eigenvalue weighted by atomic mass is 10.1. The zero-order valence-corrected chi connectivity index (χ0v) is 9.21. The van der Waals surface area contributed by atoms with Crippen LogP contribution < -0.4 is 15.6 Å². The second-order valence-electron chi connectivity index (χ2n) is 2.76. The minimum atomic E-state index is -1.22. The number of aliphatic carboxylic acids is 1. The number of carboxylic acids is 1. The highest BCUT2D eigenvalue weighted by molar-refractivity contribution is 9.10. The molecule has 0 saturated heterocycles. The lowest BCUT2D eigenvalue weighted by Crippen LogP contribution is -2.61. The van der Waals surface area contributed by atoms with Gasteiger partial charge in [0.05, 0.1) is 12.7 Å². The molecule has 0 spiro atoms. The smallest absolute Gasteiger partial charge is 0.154 e. The molecule has 1 aromatic carbocycles. The zero-order valence-electron chi connectivity index (χ0n) is 7.62. The summed E-state index contributed by atoms with van der Waals surface area (Å²) in [6.07, 6.45) is 0. The van der Waals surface area contributed by atoms with E-state index in [0.29, 0.717) is 11.3 Å². The van der Waals surface area contributed by atoms with Crippen molar-refractivity contribution in [2.75, 3.05) is 7.11 Å². The van der Waals surface area contributed by atoms with Crippen molar-refractivity contribution in [3.63, 3.8) is 0 Å². The van der Waals surface area contributed by atoms with Gasteiger partial charge in [0.15, 0.2) is 6.04 Å². The van der Waals surface area contributed by atoms with Crippen molar-refractivity contribution in [2.45, 2.75) is 6.04 Å². The predicted molar refractivity (Wildman–Crippen MR) is 51.3 cm³/mol. The van der Waals surface area contributed by atoms with E-state index in [-0.39, 0.29) is 0 Å². The first-order chi connectivity index (χ1) is 6.56. The van der Waals surface area contributed by atoms with E-state index in [1.54, 1.807) is 18.2 Å². The Kier molecular flexibility index (Phi) is 3.49. The largest absolute Gasteiger partial charge is 0.544 e. The molecule has 1 atom stereocenters. The number of quaternary nitrogens is 1. The van der Waals surface area contributed by atoms with E-state index in [1.807, 2.05) is 0 Å². The number of carbonyl (C=O) groups is 1. The fourth-order valence-electron chi connectivity index (χ4n) is 1.10. The normalized spacial score (nSPS) is 12.2. The molecule has 0 radical (unpaired) electrons. The lowest BCUT2D eigenvalue weighted by molar-refractivity contribution is -0.443. The van der Waals surface area contributed by atoms with E-state index in [9.17, 15) is 9.90 Å². The SMILES string of the molecule is COc1ccc(Br)cc1[C@@H]([NH3+])C(=O)[O-]. The summed E-state index contributed by atoms with van der Waals surface area (Å²) in [6, 6.07) is 4.18. The van der Waals surface area contributed by atoms with Crippen LogP contribution in [0.1, 0.15) is 11.6 Å². The van der Waals surface area contributed by atoms with Gasteiger partial charge in [0, 0.05) is 4.47 Å². The van der Waals surface area contributed by atoms with Gasteiger partial charge in [-0.15, -0.1) is 0 Å². The lowest BCUT2D eigenvalue weighted by Gasteiger charge is -2.13. The zero-order chi connectivity index (χ0) is 10.7. The fraction of sp³-hybridized carbons (Fsp3) is 0.222. The Morgan fingerprint density at radius 3 is 2.79 bits per heavy atom. The molecule has 0 aromatic heterocycles. The summed E-state index contributed by atoms with van der Waals surface area (Å²) in [5.41, 5.74) is 4.00. The number of carbonyl (C=O) groups excluding carboxylic acids is 1. The van der Waals surface area contributed by atoms with E-state index in [2.05, 4.69) is 21.7 Å². The number of methoxy groups -OCH3 is 1. The second-order valence-corrected chi connectivity index (χ2v) is 3.67. The molecule has 0 aliphatic carbocycles. The van der Waals surface area contributed by atoms with Gasteiger partial charge in [0.2, 0.25) is 0 Å². The summed E-state index contributed by atoms with van der Waals surface area (Å²) in [5, 5.41) is 10.6. The molecule has 14 heavy (non-hydrogen) atoms. The summed E-state index contributed by atoms with van der Waals surface area (Å²) in [6.45, 7) is 0. The van der Waals surface area contributed by atoms with Crippen LogP contribution in [0.5, 0.6) is 5.75 Å². The molecular formula is C9H10BrNO3. The summed E-state index contributed by atoms with van der Waals surface area (Å²) < 4.78 is 5.80. The molecule has 1 aromatic rings. The molecule has 4 nitrogen and oxygen atoms in total. The first-order valence-electron chi connectivity index (χ1n) is 3.93. The number of rotatable bonds is 3. The van der Waals surface area contributed by atoms with Crippen LogP contribution in [-0.4, -0.2) is 13.1 Å². The first kappa shape index (κ1) is 11.0. The predicted octanol–water partition coefficient (Wildman–Crippen LogP) is -0.509. The van der Waals surface area contributed by atoms with Crippen molar-refractivity contribution in [3.05, 3.63) is 28.2 Å². The molecule has 0 unspecified atom stereocenters. The topological polar surface area (TPSA) is 77.0 Å². The van der Waals surface area contributed by atoms with Crippen LogP contribution in [0.3, 0.4) is 0 Å². The fourth-order valence-corrected chi connectivity index (χ4v) is 1.48. The maximum Gasteiger partial charge on any atom is 0.154 e. The Morgan fingerprint density at radius 1 is 1.64 bits per heavy atom. The van der Waals surface area contributed by atoms with Crippen LogP contribution in [0.25, 0.3) is 0 Å². The molecule has 0 aliphatic rings.